The molecule has 0 saturated carbocycles. The van der Waals surface area contributed by atoms with Gasteiger partial charge in [0.05, 0.1) is 11.6 Å². The van der Waals surface area contributed by atoms with Gasteiger partial charge in [0.15, 0.2) is 0 Å². The Morgan fingerprint density at radius 1 is 1.46 bits per heavy atom. The van der Waals surface area contributed by atoms with Gasteiger partial charge in [0.2, 0.25) is 6.08 Å². The number of nitrogens with zero attached hydrogens (tertiary/aromatic N) is 2. The number of aliphatic imine (C=N–C) groups is 1. The van der Waals surface area contributed by atoms with Crippen LogP contribution in [0.5, 0.6) is 0 Å². The smallest absolute Gasteiger partial charge is 0.235 e. The summed E-state index contributed by atoms with van der Waals surface area (Å²) in [6.07, 6.45) is 2.23. The van der Waals surface area contributed by atoms with Crippen molar-refractivity contribution < 1.29 is 10.0 Å². The molecule has 74 valence electrons. The van der Waals surface area contributed by atoms with Gasteiger partial charge < -0.3 is 5.21 Å². The highest BCUT2D eigenvalue weighted by molar-refractivity contribution is 5.34. The molecule has 0 bridgehead atoms. The number of hydroxylamine groups is 2. The first-order valence-corrected chi connectivity index (χ1v) is 4.38. The van der Waals surface area contributed by atoms with E-state index in [-0.39, 0.29) is 11.6 Å². The molecular formula is C9H16N2O2. The molecule has 4 nitrogen and oxygen atoms in total. The summed E-state index contributed by atoms with van der Waals surface area (Å²) < 4.78 is 0. The molecule has 13 heavy (non-hydrogen) atoms. The summed E-state index contributed by atoms with van der Waals surface area (Å²) in [5.41, 5.74) is -0.810. The standard InChI is InChI=1S/C9H16N2O2/c1-8(2)5-7(10-6-12)9(3,4)11(8)13/h7,13H,5H2,1-4H3. The van der Waals surface area contributed by atoms with Crippen LogP contribution in [-0.4, -0.2) is 33.5 Å². The minimum Gasteiger partial charge on any atom is -0.313 e. The quantitative estimate of drug-likeness (QED) is 0.494. The first-order valence-electron chi connectivity index (χ1n) is 4.38. The molecule has 1 N–H and O–H groups in total. The van der Waals surface area contributed by atoms with E-state index in [2.05, 4.69) is 4.99 Å². The average molecular weight is 184 g/mol. The topological polar surface area (TPSA) is 52.9 Å². The summed E-state index contributed by atoms with van der Waals surface area (Å²) in [5.74, 6) is 0. The molecule has 0 aliphatic carbocycles. The van der Waals surface area contributed by atoms with Gasteiger partial charge in [0, 0.05) is 5.54 Å². The van der Waals surface area contributed by atoms with Crippen molar-refractivity contribution in [2.24, 2.45) is 4.99 Å². The fraction of sp³-hybridized carbons (Fsp3) is 0.889. The summed E-state index contributed by atoms with van der Waals surface area (Å²) >= 11 is 0. The third-order valence-electron chi connectivity index (χ3n) is 2.84. The lowest BCUT2D eigenvalue weighted by Crippen LogP contribution is -2.48. The number of hydrogen-bond acceptors (Lipinski definition) is 4. The third-order valence-corrected chi connectivity index (χ3v) is 2.84. The maximum absolute atomic E-state index is 10.2. The van der Waals surface area contributed by atoms with E-state index in [0.717, 1.165) is 0 Å². The molecule has 0 aromatic rings. The van der Waals surface area contributed by atoms with Crippen LogP contribution in [-0.2, 0) is 4.79 Å². The van der Waals surface area contributed by atoms with Crippen LogP contribution in [0.2, 0.25) is 0 Å². The van der Waals surface area contributed by atoms with Crippen LogP contribution in [0.15, 0.2) is 4.99 Å². The molecule has 1 saturated heterocycles. The maximum Gasteiger partial charge on any atom is 0.235 e. The van der Waals surface area contributed by atoms with Gasteiger partial charge in [-0.15, -0.1) is 0 Å². The zero-order valence-electron chi connectivity index (χ0n) is 8.53. The molecule has 1 fully saturated rings. The Balaban J connectivity index is 2.99. The van der Waals surface area contributed by atoms with Gasteiger partial charge in [-0.3, -0.25) is 0 Å². The van der Waals surface area contributed by atoms with Gasteiger partial charge in [-0.2, -0.15) is 5.06 Å². The Morgan fingerprint density at radius 2 is 2.00 bits per heavy atom. The van der Waals surface area contributed by atoms with Crippen LogP contribution in [0.4, 0.5) is 0 Å². The van der Waals surface area contributed by atoms with Crippen LogP contribution < -0.4 is 0 Å². The SMILES string of the molecule is CC1(C)CC(N=C=O)C(C)(C)N1O. The Kier molecular flexibility index (Phi) is 2.32. The zero-order chi connectivity index (χ0) is 10.3. The lowest BCUT2D eigenvalue weighted by Gasteiger charge is -2.34. The molecule has 1 atom stereocenters. The number of isocyanates is 1. The van der Waals surface area contributed by atoms with Crippen molar-refractivity contribution >= 4 is 6.08 Å². The normalized spacial score (nSPS) is 31.3. The van der Waals surface area contributed by atoms with Gasteiger partial charge in [0.25, 0.3) is 0 Å². The second-order valence-corrected chi connectivity index (χ2v) is 4.72. The van der Waals surface area contributed by atoms with E-state index in [1.807, 2.05) is 27.7 Å². The summed E-state index contributed by atoms with van der Waals surface area (Å²) in [7, 11) is 0. The van der Waals surface area contributed by atoms with Gasteiger partial charge in [0.1, 0.15) is 0 Å². The number of hydrogen-bond donors (Lipinski definition) is 1. The molecule has 1 rings (SSSR count). The number of carbonyl (C=O) groups excluding carboxylic acids is 1. The Bertz CT molecular complexity index is 254. The van der Waals surface area contributed by atoms with Crippen molar-refractivity contribution in [1.29, 1.82) is 0 Å². The minimum absolute atomic E-state index is 0.176. The average Bonchev–Trinajstić information content (AvgIpc) is 2.14. The summed E-state index contributed by atoms with van der Waals surface area (Å²) in [5, 5.41) is 11.1. The number of rotatable bonds is 1. The monoisotopic (exact) mass is 184 g/mol. The van der Waals surface area contributed by atoms with E-state index in [9.17, 15) is 10.0 Å². The zero-order valence-corrected chi connectivity index (χ0v) is 8.53. The molecule has 1 unspecified atom stereocenters. The Hall–Kier alpha value is -0.700. The fourth-order valence-electron chi connectivity index (χ4n) is 2.00. The largest absolute Gasteiger partial charge is 0.313 e. The van der Waals surface area contributed by atoms with E-state index in [0.29, 0.717) is 6.42 Å². The van der Waals surface area contributed by atoms with Gasteiger partial charge in [-0.05, 0) is 34.1 Å². The summed E-state index contributed by atoms with van der Waals surface area (Å²) in [6, 6.07) is -0.176. The van der Waals surface area contributed by atoms with E-state index in [1.165, 1.54) is 5.06 Å². The predicted molar refractivity (Wildman–Crippen MR) is 48.3 cm³/mol. The summed E-state index contributed by atoms with van der Waals surface area (Å²) in [4.78, 5) is 13.9. The highest BCUT2D eigenvalue weighted by Crippen LogP contribution is 2.40. The van der Waals surface area contributed by atoms with Crippen molar-refractivity contribution in [2.45, 2.75) is 51.2 Å². The van der Waals surface area contributed by atoms with Crippen LogP contribution in [0.1, 0.15) is 34.1 Å². The minimum atomic E-state index is -0.485. The lowest BCUT2D eigenvalue weighted by molar-refractivity contribution is -0.193. The maximum atomic E-state index is 10.2. The molecule has 4 heteroatoms. The first kappa shape index (κ1) is 10.4. The molecule has 1 heterocycles. The van der Waals surface area contributed by atoms with Gasteiger partial charge >= 0.3 is 0 Å². The predicted octanol–water partition coefficient (Wildman–Crippen LogP) is 1.34. The van der Waals surface area contributed by atoms with Crippen molar-refractivity contribution in [2.75, 3.05) is 0 Å². The van der Waals surface area contributed by atoms with E-state index >= 15 is 0 Å². The molecular weight excluding hydrogens is 168 g/mol. The van der Waals surface area contributed by atoms with E-state index < -0.39 is 5.54 Å². The van der Waals surface area contributed by atoms with Gasteiger partial charge in [-0.25, -0.2) is 9.79 Å². The Labute approximate surface area is 78.2 Å². The molecule has 0 aromatic heterocycles. The van der Waals surface area contributed by atoms with Crippen molar-refractivity contribution in [3.63, 3.8) is 0 Å². The van der Waals surface area contributed by atoms with Gasteiger partial charge in [-0.1, -0.05) is 0 Å². The molecule has 0 radical (unpaired) electrons. The second kappa shape index (κ2) is 2.91. The molecule has 0 spiro atoms. The van der Waals surface area contributed by atoms with Crippen molar-refractivity contribution in [1.82, 2.24) is 5.06 Å². The Morgan fingerprint density at radius 3 is 2.31 bits per heavy atom. The molecule has 1 aliphatic heterocycles. The molecule has 0 aromatic carbocycles. The highest BCUT2D eigenvalue weighted by Gasteiger charge is 2.51. The molecule has 1 aliphatic rings. The highest BCUT2D eigenvalue weighted by atomic mass is 16.5. The van der Waals surface area contributed by atoms with E-state index in [1.54, 1.807) is 6.08 Å². The summed E-state index contributed by atoms with van der Waals surface area (Å²) in [6.45, 7) is 7.59. The van der Waals surface area contributed by atoms with Crippen LogP contribution in [0.25, 0.3) is 0 Å². The van der Waals surface area contributed by atoms with Crippen LogP contribution in [0.3, 0.4) is 0 Å². The van der Waals surface area contributed by atoms with E-state index in [4.69, 9.17) is 0 Å². The molecule has 0 amide bonds. The van der Waals surface area contributed by atoms with Crippen molar-refractivity contribution in [3.8, 4) is 0 Å². The third kappa shape index (κ3) is 1.53. The van der Waals surface area contributed by atoms with Crippen LogP contribution in [0, 0.1) is 0 Å². The van der Waals surface area contributed by atoms with Crippen LogP contribution >= 0.6 is 0 Å². The first-order chi connectivity index (χ1) is 5.82. The lowest BCUT2D eigenvalue weighted by atomic mass is 9.95. The fourth-order valence-corrected chi connectivity index (χ4v) is 2.00. The second-order valence-electron chi connectivity index (χ2n) is 4.72. The van der Waals surface area contributed by atoms with Crippen molar-refractivity contribution in [3.05, 3.63) is 0 Å².